The van der Waals surface area contributed by atoms with Crippen LogP contribution in [0.15, 0.2) is 82.9 Å². The first-order chi connectivity index (χ1) is 15.8. The number of nitrogens with zero attached hydrogens (tertiary/aromatic N) is 4. The normalized spacial score (nSPS) is 16.0. The third kappa shape index (κ3) is 4.77. The van der Waals surface area contributed by atoms with Crippen LogP contribution < -0.4 is 16.1 Å². The van der Waals surface area contributed by atoms with Crippen LogP contribution >= 0.6 is 0 Å². The van der Waals surface area contributed by atoms with Crippen molar-refractivity contribution in [2.75, 3.05) is 11.4 Å². The average molecular weight is 442 g/mol. The Morgan fingerprint density at radius 2 is 1.88 bits per heavy atom. The maximum absolute atomic E-state index is 12.6. The van der Waals surface area contributed by atoms with Crippen molar-refractivity contribution in [1.82, 2.24) is 9.78 Å². The molecule has 0 saturated carbocycles. The predicted octanol–water partition coefficient (Wildman–Crippen LogP) is 3.90. The second-order valence-corrected chi connectivity index (χ2v) is 8.96. The highest BCUT2D eigenvalue weighted by Crippen LogP contribution is 2.34. The molecule has 3 aromatic rings. The molecule has 1 saturated heterocycles. The number of aryl methyl sites for hydroxylation is 1. The van der Waals surface area contributed by atoms with E-state index < -0.39 is 0 Å². The van der Waals surface area contributed by atoms with Crippen LogP contribution in [0.25, 0.3) is 5.69 Å². The van der Waals surface area contributed by atoms with E-state index in [0.717, 1.165) is 16.9 Å². The van der Waals surface area contributed by atoms with Crippen molar-refractivity contribution < 1.29 is 4.79 Å². The highest BCUT2D eigenvalue weighted by molar-refractivity contribution is 6.08. The molecule has 1 aliphatic rings. The van der Waals surface area contributed by atoms with Gasteiger partial charge in [-0.05, 0) is 60.5 Å². The minimum absolute atomic E-state index is 0.0379. The van der Waals surface area contributed by atoms with Gasteiger partial charge in [-0.15, -0.1) is 0 Å². The van der Waals surface area contributed by atoms with E-state index in [9.17, 15) is 9.59 Å². The van der Waals surface area contributed by atoms with Gasteiger partial charge in [-0.3, -0.25) is 9.59 Å². The molecule has 1 aromatic heterocycles. The molecular weight excluding hydrogens is 414 g/mol. The Labute approximate surface area is 192 Å². The molecule has 33 heavy (non-hydrogen) atoms. The number of aromatic nitrogens is 2. The number of aliphatic imine (C=N–C) groups is 1. The number of amides is 1. The first kappa shape index (κ1) is 22.2. The SMILES string of the molecule is Cc1cc(N2CC(C)(C)CC2=O)ccc1-n1ccc(=O)c(C(C=CN)=Nc2ccccc2)n1. The van der Waals surface area contributed by atoms with Crippen LogP contribution in [0.1, 0.15) is 31.5 Å². The van der Waals surface area contributed by atoms with Crippen LogP contribution in [-0.2, 0) is 4.79 Å². The summed E-state index contributed by atoms with van der Waals surface area (Å²) in [6, 6.07) is 16.6. The molecule has 0 radical (unpaired) electrons. The minimum Gasteiger partial charge on any atom is -0.405 e. The molecule has 0 spiro atoms. The standard InChI is InChI=1S/C26H27N5O2/c1-18-15-20(30-17-26(2,3)16-24(30)33)9-10-22(18)31-14-12-23(32)25(29-31)21(11-13-27)28-19-7-5-4-6-8-19/h4-15H,16-17,27H2,1-3H3. The number of carbonyl (C=O) groups is 1. The number of hydrogen-bond acceptors (Lipinski definition) is 5. The third-order valence-corrected chi connectivity index (χ3v) is 5.57. The smallest absolute Gasteiger partial charge is 0.227 e. The monoisotopic (exact) mass is 441 g/mol. The lowest BCUT2D eigenvalue weighted by molar-refractivity contribution is -0.117. The van der Waals surface area contributed by atoms with Crippen molar-refractivity contribution in [3.05, 3.63) is 94.6 Å². The first-order valence-electron chi connectivity index (χ1n) is 10.8. The van der Waals surface area contributed by atoms with E-state index in [1.54, 1.807) is 17.0 Å². The number of nitrogens with two attached hydrogens (primary N) is 1. The molecule has 4 rings (SSSR count). The zero-order valence-corrected chi connectivity index (χ0v) is 19.0. The predicted molar refractivity (Wildman–Crippen MR) is 131 cm³/mol. The lowest BCUT2D eigenvalue weighted by Crippen LogP contribution is -2.26. The molecule has 168 valence electrons. The Hall–Kier alpha value is -4.00. The highest BCUT2D eigenvalue weighted by atomic mass is 16.2. The van der Waals surface area contributed by atoms with E-state index in [2.05, 4.69) is 23.9 Å². The molecule has 7 nitrogen and oxygen atoms in total. The molecule has 7 heteroatoms. The summed E-state index contributed by atoms with van der Waals surface area (Å²) >= 11 is 0. The van der Waals surface area contributed by atoms with Gasteiger partial charge < -0.3 is 10.6 Å². The largest absolute Gasteiger partial charge is 0.405 e. The Morgan fingerprint density at radius 3 is 2.52 bits per heavy atom. The maximum Gasteiger partial charge on any atom is 0.227 e. The van der Waals surface area contributed by atoms with Gasteiger partial charge in [-0.25, -0.2) is 9.67 Å². The summed E-state index contributed by atoms with van der Waals surface area (Å²) in [4.78, 5) is 31.5. The zero-order chi connectivity index (χ0) is 23.6. The van der Waals surface area contributed by atoms with Crippen molar-refractivity contribution in [3.8, 4) is 5.69 Å². The van der Waals surface area contributed by atoms with Crippen LogP contribution in [0.4, 0.5) is 11.4 Å². The van der Waals surface area contributed by atoms with Crippen LogP contribution in [0.5, 0.6) is 0 Å². The van der Waals surface area contributed by atoms with Crippen molar-refractivity contribution in [3.63, 3.8) is 0 Å². The molecule has 0 unspecified atom stereocenters. The summed E-state index contributed by atoms with van der Waals surface area (Å²) in [6.45, 7) is 6.85. The number of hydrogen-bond donors (Lipinski definition) is 1. The topological polar surface area (TPSA) is 93.6 Å². The van der Waals surface area contributed by atoms with Crippen LogP contribution in [0.3, 0.4) is 0 Å². The van der Waals surface area contributed by atoms with Gasteiger partial charge in [0.25, 0.3) is 0 Å². The van der Waals surface area contributed by atoms with Gasteiger partial charge in [0.2, 0.25) is 11.3 Å². The van der Waals surface area contributed by atoms with Gasteiger partial charge in [-0.2, -0.15) is 5.10 Å². The first-order valence-corrected chi connectivity index (χ1v) is 10.8. The summed E-state index contributed by atoms with van der Waals surface area (Å²) in [5, 5.41) is 4.57. The molecule has 2 heterocycles. The fourth-order valence-corrected chi connectivity index (χ4v) is 4.00. The fourth-order valence-electron chi connectivity index (χ4n) is 4.00. The van der Waals surface area contributed by atoms with Crippen molar-refractivity contribution in [1.29, 1.82) is 0 Å². The second kappa shape index (κ2) is 8.86. The maximum atomic E-state index is 12.6. The third-order valence-electron chi connectivity index (χ3n) is 5.57. The molecule has 1 fully saturated rings. The van der Waals surface area contributed by atoms with Gasteiger partial charge in [0.05, 0.1) is 17.1 Å². The summed E-state index contributed by atoms with van der Waals surface area (Å²) in [5.74, 6) is 0.131. The molecule has 1 aliphatic heterocycles. The van der Waals surface area contributed by atoms with Crippen LogP contribution in [0.2, 0.25) is 0 Å². The summed E-state index contributed by atoms with van der Waals surface area (Å²) < 4.78 is 1.65. The van der Waals surface area contributed by atoms with E-state index >= 15 is 0 Å². The van der Waals surface area contributed by atoms with Crippen molar-refractivity contribution in [2.24, 2.45) is 16.1 Å². The van der Waals surface area contributed by atoms with E-state index in [-0.39, 0.29) is 22.4 Å². The Kier molecular flexibility index (Phi) is 5.96. The van der Waals surface area contributed by atoms with E-state index in [1.807, 2.05) is 60.4 Å². The molecule has 2 N–H and O–H groups in total. The number of para-hydroxylation sites is 1. The van der Waals surface area contributed by atoms with Crippen LogP contribution in [-0.4, -0.2) is 27.9 Å². The number of rotatable bonds is 5. The summed E-state index contributed by atoms with van der Waals surface area (Å²) in [5.41, 5.74) is 9.21. The van der Waals surface area contributed by atoms with Crippen LogP contribution in [0, 0.1) is 12.3 Å². The molecule has 1 amide bonds. The Bertz CT molecular complexity index is 1310. The summed E-state index contributed by atoms with van der Waals surface area (Å²) in [6.07, 6.45) is 5.08. The quantitative estimate of drug-likeness (QED) is 0.608. The zero-order valence-electron chi connectivity index (χ0n) is 19.0. The lowest BCUT2D eigenvalue weighted by Gasteiger charge is -2.21. The molecule has 2 aromatic carbocycles. The number of benzene rings is 2. The van der Waals surface area contributed by atoms with Gasteiger partial charge in [0.15, 0.2) is 5.69 Å². The molecule has 0 bridgehead atoms. The minimum atomic E-state index is -0.252. The number of carbonyl (C=O) groups excluding carboxylic acids is 1. The van der Waals surface area contributed by atoms with E-state index in [0.29, 0.717) is 24.4 Å². The summed E-state index contributed by atoms with van der Waals surface area (Å²) in [7, 11) is 0. The number of allylic oxidation sites excluding steroid dienone is 1. The van der Waals surface area contributed by atoms with Gasteiger partial charge in [-0.1, -0.05) is 32.0 Å². The van der Waals surface area contributed by atoms with Crippen molar-refractivity contribution in [2.45, 2.75) is 27.2 Å². The second-order valence-electron chi connectivity index (χ2n) is 8.96. The molecule has 0 aliphatic carbocycles. The Balaban J connectivity index is 1.72. The van der Waals surface area contributed by atoms with Gasteiger partial charge in [0, 0.05) is 30.9 Å². The van der Waals surface area contributed by atoms with Gasteiger partial charge >= 0.3 is 0 Å². The van der Waals surface area contributed by atoms with E-state index in [1.165, 1.54) is 12.3 Å². The number of anilines is 1. The molecular formula is C26H27N5O2. The fraction of sp³-hybridized carbons (Fsp3) is 0.231. The van der Waals surface area contributed by atoms with Gasteiger partial charge in [0.1, 0.15) is 0 Å². The molecule has 0 atom stereocenters. The highest BCUT2D eigenvalue weighted by Gasteiger charge is 2.36. The van der Waals surface area contributed by atoms with Crippen molar-refractivity contribution >= 4 is 23.0 Å². The lowest BCUT2D eigenvalue weighted by atomic mass is 9.93. The Morgan fingerprint density at radius 1 is 1.12 bits per heavy atom. The van der Waals surface area contributed by atoms with E-state index in [4.69, 9.17) is 5.73 Å². The average Bonchev–Trinajstić information content (AvgIpc) is 3.07.